The van der Waals surface area contributed by atoms with Gasteiger partial charge in [-0.2, -0.15) is 0 Å². The minimum atomic E-state index is -3.13. The Morgan fingerprint density at radius 1 is 1.10 bits per heavy atom. The molecule has 114 valence electrons. The predicted octanol–water partition coefficient (Wildman–Crippen LogP) is 1.29. The molecule has 0 saturated heterocycles. The molecule has 1 unspecified atom stereocenters. The van der Waals surface area contributed by atoms with E-state index in [0.29, 0.717) is 6.54 Å². The maximum atomic E-state index is 11.6. The van der Waals surface area contributed by atoms with Crippen LogP contribution in [0.15, 0.2) is 24.3 Å². The van der Waals surface area contributed by atoms with Crippen LogP contribution in [0, 0.1) is 0 Å². The van der Waals surface area contributed by atoms with Crippen molar-refractivity contribution in [1.82, 2.24) is 9.62 Å². The topological polar surface area (TPSA) is 52.7 Å². The monoisotopic (exact) mass is 299 g/mol. The van der Waals surface area contributed by atoms with E-state index in [9.17, 15) is 8.42 Å². The van der Waals surface area contributed by atoms with E-state index in [0.717, 1.165) is 11.3 Å². The summed E-state index contributed by atoms with van der Waals surface area (Å²) < 4.78 is 24.6. The molecule has 0 radical (unpaired) electrons. The largest absolute Gasteiger partial charge is 0.378 e. The van der Waals surface area contributed by atoms with E-state index in [1.807, 2.05) is 25.9 Å². The van der Waals surface area contributed by atoms with Gasteiger partial charge in [0.2, 0.25) is 10.0 Å². The van der Waals surface area contributed by atoms with E-state index >= 15 is 0 Å². The second kappa shape index (κ2) is 7.06. The Morgan fingerprint density at radius 2 is 1.65 bits per heavy atom. The molecule has 0 bridgehead atoms. The van der Waals surface area contributed by atoms with E-state index < -0.39 is 10.0 Å². The fourth-order valence-electron chi connectivity index (χ4n) is 1.77. The summed E-state index contributed by atoms with van der Waals surface area (Å²) in [5.41, 5.74) is 2.30. The van der Waals surface area contributed by atoms with Gasteiger partial charge < -0.3 is 10.2 Å². The summed E-state index contributed by atoms with van der Waals surface area (Å²) in [6, 6.07) is 8.37. The normalized spacial score (nSPS) is 13.5. The van der Waals surface area contributed by atoms with Crippen molar-refractivity contribution in [3.8, 4) is 0 Å². The maximum Gasteiger partial charge on any atom is 0.214 e. The fourth-order valence-corrected chi connectivity index (χ4v) is 2.51. The van der Waals surface area contributed by atoms with E-state index in [2.05, 4.69) is 29.6 Å². The first kappa shape index (κ1) is 16.9. The van der Waals surface area contributed by atoms with Crippen molar-refractivity contribution < 1.29 is 8.42 Å². The fraction of sp³-hybridized carbons (Fsp3) is 0.571. The maximum absolute atomic E-state index is 11.6. The molecule has 0 amide bonds. The van der Waals surface area contributed by atoms with Gasteiger partial charge in [0.15, 0.2) is 0 Å². The van der Waals surface area contributed by atoms with Crippen molar-refractivity contribution >= 4 is 15.7 Å². The van der Waals surface area contributed by atoms with Crippen molar-refractivity contribution in [2.45, 2.75) is 13.0 Å². The molecule has 0 spiro atoms. The van der Waals surface area contributed by atoms with Gasteiger partial charge in [-0.1, -0.05) is 12.1 Å². The molecule has 1 aromatic rings. The Balaban J connectivity index is 2.53. The molecular weight excluding hydrogens is 274 g/mol. The zero-order valence-electron chi connectivity index (χ0n) is 12.9. The highest BCUT2D eigenvalue weighted by molar-refractivity contribution is 7.89. The molecule has 1 atom stereocenters. The molecule has 0 fully saturated rings. The Bertz CT molecular complexity index is 510. The van der Waals surface area contributed by atoms with E-state index in [4.69, 9.17) is 0 Å². The van der Waals surface area contributed by atoms with Gasteiger partial charge in [-0.3, -0.25) is 0 Å². The quantitative estimate of drug-likeness (QED) is 0.824. The first-order chi connectivity index (χ1) is 9.24. The lowest BCUT2D eigenvalue weighted by Gasteiger charge is -2.18. The molecule has 5 nitrogen and oxygen atoms in total. The van der Waals surface area contributed by atoms with Crippen LogP contribution in [0.4, 0.5) is 5.69 Å². The smallest absolute Gasteiger partial charge is 0.214 e. The highest BCUT2D eigenvalue weighted by Crippen LogP contribution is 2.17. The summed E-state index contributed by atoms with van der Waals surface area (Å²) >= 11 is 0. The van der Waals surface area contributed by atoms with Crippen LogP contribution in [0.25, 0.3) is 0 Å². The van der Waals surface area contributed by atoms with Crippen molar-refractivity contribution in [2.75, 3.05) is 45.4 Å². The number of hydrogen-bond donors (Lipinski definition) is 1. The molecule has 0 aromatic heterocycles. The summed E-state index contributed by atoms with van der Waals surface area (Å²) in [6.45, 7) is 2.48. The zero-order valence-corrected chi connectivity index (χ0v) is 13.7. The van der Waals surface area contributed by atoms with Crippen molar-refractivity contribution in [1.29, 1.82) is 0 Å². The summed E-state index contributed by atoms with van der Waals surface area (Å²) in [4.78, 5) is 2.05. The van der Waals surface area contributed by atoms with Crippen LogP contribution in [0.2, 0.25) is 0 Å². The molecule has 6 heteroatoms. The Labute approximate surface area is 122 Å². The Morgan fingerprint density at radius 3 is 2.10 bits per heavy atom. The summed E-state index contributed by atoms with van der Waals surface area (Å²) in [7, 11) is 3.98. The average molecular weight is 299 g/mol. The Hall–Kier alpha value is -1.11. The van der Waals surface area contributed by atoms with Gasteiger partial charge in [0.05, 0.1) is 5.75 Å². The molecule has 1 rings (SSSR count). The van der Waals surface area contributed by atoms with Crippen LogP contribution in [-0.2, 0) is 10.0 Å². The standard InChI is InChI=1S/C14H25N3O2S/c1-12(15-10-11-20(18,19)17(4)5)13-6-8-14(9-7-13)16(2)3/h6-9,12,15H,10-11H2,1-5H3. The number of sulfonamides is 1. The number of rotatable bonds is 7. The van der Waals surface area contributed by atoms with Gasteiger partial charge in [-0.25, -0.2) is 12.7 Å². The molecule has 0 heterocycles. The number of hydrogen-bond acceptors (Lipinski definition) is 4. The minimum Gasteiger partial charge on any atom is -0.378 e. The van der Waals surface area contributed by atoms with Crippen molar-refractivity contribution in [2.24, 2.45) is 0 Å². The first-order valence-electron chi connectivity index (χ1n) is 6.65. The lowest BCUT2D eigenvalue weighted by molar-refractivity contribution is 0.512. The van der Waals surface area contributed by atoms with Crippen LogP contribution in [0.1, 0.15) is 18.5 Å². The van der Waals surface area contributed by atoms with E-state index in [1.54, 1.807) is 14.1 Å². The summed E-state index contributed by atoms with van der Waals surface area (Å²) in [5.74, 6) is 0.111. The molecule has 1 N–H and O–H groups in total. The van der Waals surface area contributed by atoms with Gasteiger partial charge in [0.1, 0.15) is 0 Å². The molecule has 0 saturated carbocycles. The lowest BCUT2D eigenvalue weighted by atomic mass is 10.1. The number of nitrogens with one attached hydrogen (secondary N) is 1. The summed E-state index contributed by atoms with van der Waals surface area (Å²) in [5, 5.41) is 3.24. The molecule has 1 aromatic carbocycles. The third kappa shape index (κ3) is 4.77. The second-order valence-electron chi connectivity index (χ2n) is 5.26. The van der Waals surface area contributed by atoms with Gasteiger partial charge in [0.25, 0.3) is 0 Å². The number of anilines is 1. The highest BCUT2D eigenvalue weighted by atomic mass is 32.2. The van der Waals surface area contributed by atoms with Gasteiger partial charge in [-0.05, 0) is 24.6 Å². The minimum absolute atomic E-state index is 0.111. The van der Waals surface area contributed by atoms with Gasteiger partial charge in [0, 0.05) is 46.5 Å². The van der Waals surface area contributed by atoms with Crippen LogP contribution < -0.4 is 10.2 Å². The number of nitrogens with zero attached hydrogens (tertiary/aromatic N) is 2. The average Bonchev–Trinajstić information content (AvgIpc) is 2.38. The van der Waals surface area contributed by atoms with Crippen molar-refractivity contribution in [3.63, 3.8) is 0 Å². The van der Waals surface area contributed by atoms with Gasteiger partial charge >= 0.3 is 0 Å². The first-order valence-corrected chi connectivity index (χ1v) is 8.26. The van der Waals surface area contributed by atoms with Crippen molar-refractivity contribution in [3.05, 3.63) is 29.8 Å². The van der Waals surface area contributed by atoms with Gasteiger partial charge in [-0.15, -0.1) is 0 Å². The highest BCUT2D eigenvalue weighted by Gasteiger charge is 2.13. The SMILES string of the molecule is CC(NCCS(=O)(=O)N(C)C)c1ccc(N(C)C)cc1. The summed E-state index contributed by atoms with van der Waals surface area (Å²) in [6.07, 6.45) is 0. The molecule has 0 aliphatic carbocycles. The van der Waals surface area contributed by atoms with E-state index in [-0.39, 0.29) is 11.8 Å². The third-order valence-electron chi connectivity index (χ3n) is 3.28. The third-order valence-corrected chi connectivity index (χ3v) is 5.11. The van der Waals surface area contributed by atoms with Crippen LogP contribution in [0.3, 0.4) is 0 Å². The number of benzene rings is 1. The van der Waals surface area contributed by atoms with Crippen LogP contribution >= 0.6 is 0 Å². The molecule has 20 heavy (non-hydrogen) atoms. The lowest BCUT2D eigenvalue weighted by Crippen LogP contribution is -2.32. The predicted molar refractivity (Wildman–Crippen MR) is 84.7 cm³/mol. The Kier molecular flexibility index (Phi) is 5.98. The second-order valence-corrected chi connectivity index (χ2v) is 7.56. The van der Waals surface area contributed by atoms with Crippen LogP contribution in [-0.4, -0.2) is 53.2 Å². The van der Waals surface area contributed by atoms with E-state index in [1.165, 1.54) is 4.31 Å². The van der Waals surface area contributed by atoms with Crippen LogP contribution in [0.5, 0.6) is 0 Å². The zero-order chi connectivity index (χ0) is 15.3. The molecular formula is C14H25N3O2S. The molecule has 0 aliphatic heterocycles. The molecule has 0 aliphatic rings.